The number of nitrogens with one attached hydrogen (secondary N) is 1. The van der Waals surface area contributed by atoms with E-state index < -0.39 is 6.10 Å². The maximum Gasteiger partial charge on any atom is 0.143 e. The number of benzene rings is 3. The van der Waals surface area contributed by atoms with Crippen molar-refractivity contribution in [3.05, 3.63) is 95.1 Å². The number of aliphatic hydroxyl groups is 1. The van der Waals surface area contributed by atoms with E-state index in [1.165, 1.54) is 11.1 Å². The zero-order valence-electron chi connectivity index (χ0n) is 20.2. The number of rotatable bonds is 7. The van der Waals surface area contributed by atoms with Gasteiger partial charge in [-0.3, -0.25) is 0 Å². The fourth-order valence-electron chi connectivity index (χ4n) is 4.76. The molecular formula is C29H36N2O2. The first-order valence-electron chi connectivity index (χ1n) is 11.8. The van der Waals surface area contributed by atoms with Gasteiger partial charge in [-0.25, -0.2) is 0 Å². The number of anilines is 1. The molecule has 0 saturated heterocycles. The average molecular weight is 445 g/mol. The van der Waals surface area contributed by atoms with Crippen molar-refractivity contribution in [1.82, 2.24) is 5.32 Å². The number of nitrogens with zero attached hydrogens (tertiary/aromatic N) is 1. The predicted molar refractivity (Wildman–Crippen MR) is 136 cm³/mol. The smallest absolute Gasteiger partial charge is 0.143 e. The Bertz CT molecular complexity index is 1040. The second-order valence-electron chi connectivity index (χ2n) is 10.1. The molecule has 4 nitrogen and oxygen atoms in total. The molecule has 0 unspecified atom stereocenters. The normalized spacial score (nSPS) is 18.0. The lowest BCUT2D eigenvalue weighted by Crippen LogP contribution is -2.48. The molecular weight excluding hydrogens is 408 g/mol. The summed E-state index contributed by atoms with van der Waals surface area (Å²) in [5.74, 6) is 0.866. The van der Waals surface area contributed by atoms with E-state index in [1.54, 1.807) is 0 Å². The third-order valence-corrected chi connectivity index (χ3v) is 6.19. The van der Waals surface area contributed by atoms with Gasteiger partial charge in [0.25, 0.3) is 0 Å². The summed E-state index contributed by atoms with van der Waals surface area (Å²) >= 11 is 0. The molecule has 174 valence electrons. The van der Waals surface area contributed by atoms with Gasteiger partial charge in [0.05, 0.1) is 11.8 Å². The van der Waals surface area contributed by atoms with Crippen LogP contribution in [-0.4, -0.2) is 23.7 Å². The van der Waals surface area contributed by atoms with Crippen molar-refractivity contribution < 1.29 is 9.84 Å². The first-order valence-corrected chi connectivity index (χ1v) is 11.8. The standard InChI is InChI=1S/C29H36N2O2/c1-29(2,3)30-25-17-15-23-24(28(25)32)16-18-26(33-20-22-13-9-6-10-14-22)27(23)31(4)19-21-11-7-5-8-12-21/h5-14,16,18,25,28,30,32H,15,17,19-20H2,1-4H3/t25-,28-/m1/s1. The second kappa shape index (κ2) is 9.98. The van der Waals surface area contributed by atoms with Gasteiger partial charge in [-0.1, -0.05) is 66.7 Å². The van der Waals surface area contributed by atoms with Crippen molar-refractivity contribution in [2.75, 3.05) is 11.9 Å². The van der Waals surface area contributed by atoms with Crippen molar-refractivity contribution in [2.24, 2.45) is 0 Å². The maximum absolute atomic E-state index is 11.3. The zero-order valence-corrected chi connectivity index (χ0v) is 20.2. The monoisotopic (exact) mass is 444 g/mol. The average Bonchev–Trinajstić information content (AvgIpc) is 2.79. The maximum atomic E-state index is 11.3. The molecule has 0 aromatic heterocycles. The summed E-state index contributed by atoms with van der Waals surface area (Å²) < 4.78 is 6.35. The summed E-state index contributed by atoms with van der Waals surface area (Å²) in [5.41, 5.74) is 5.62. The highest BCUT2D eigenvalue weighted by molar-refractivity contribution is 5.67. The number of hydrogen-bond acceptors (Lipinski definition) is 4. The lowest BCUT2D eigenvalue weighted by atomic mass is 9.83. The molecule has 0 spiro atoms. The highest BCUT2D eigenvalue weighted by Crippen LogP contribution is 2.42. The van der Waals surface area contributed by atoms with Crippen LogP contribution in [0.3, 0.4) is 0 Å². The Kier molecular flexibility index (Phi) is 7.06. The first kappa shape index (κ1) is 23.3. The van der Waals surface area contributed by atoms with Gasteiger partial charge in [0, 0.05) is 25.2 Å². The number of ether oxygens (including phenoxy) is 1. The van der Waals surface area contributed by atoms with Crippen molar-refractivity contribution in [3.63, 3.8) is 0 Å². The van der Waals surface area contributed by atoms with Crippen molar-refractivity contribution in [3.8, 4) is 5.75 Å². The molecule has 0 fully saturated rings. The summed E-state index contributed by atoms with van der Waals surface area (Å²) in [4.78, 5) is 2.26. The Morgan fingerprint density at radius 1 is 0.939 bits per heavy atom. The number of aliphatic hydroxyl groups excluding tert-OH is 1. The fraction of sp³-hybridized carbons (Fsp3) is 0.379. The van der Waals surface area contributed by atoms with E-state index >= 15 is 0 Å². The van der Waals surface area contributed by atoms with Gasteiger partial charge in [-0.2, -0.15) is 0 Å². The fourth-order valence-corrected chi connectivity index (χ4v) is 4.76. The quantitative estimate of drug-likeness (QED) is 0.495. The Morgan fingerprint density at radius 2 is 1.58 bits per heavy atom. The lowest BCUT2D eigenvalue weighted by Gasteiger charge is -2.38. The van der Waals surface area contributed by atoms with E-state index in [-0.39, 0.29) is 11.6 Å². The zero-order chi connectivity index (χ0) is 23.4. The van der Waals surface area contributed by atoms with Gasteiger partial charge < -0.3 is 20.1 Å². The third kappa shape index (κ3) is 5.76. The highest BCUT2D eigenvalue weighted by Gasteiger charge is 2.33. The van der Waals surface area contributed by atoms with Crippen LogP contribution in [0.1, 0.15) is 55.5 Å². The molecule has 3 aromatic carbocycles. The molecule has 2 N–H and O–H groups in total. The van der Waals surface area contributed by atoms with Gasteiger partial charge in [0.1, 0.15) is 12.4 Å². The lowest BCUT2D eigenvalue weighted by molar-refractivity contribution is 0.1000. The molecule has 2 atom stereocenters. The van der Waals surface area contributed by atoms with E-state index in [1.807, 2.05) is 30.3 Å². The molecule has 0 aliphatic heterocycles. The summed E-state index contributed by atoms with van der Waals surface area (Å²) in [6.07, 6.45) is 1.25. The number of fused-ring (bicyclic) bond motifs is 1. The van der Waals surface area contributed by atoms with Crippen LogP contribution in [0.25, 0.3) is 0 Å². The van der Waals surface area contributed by atoms with Crippen LogP contribution in [0.2, 0.25) is 0 Å². The second-order valence-corrected chi connectivity index (χ2v) is 10.1. The largest absolute Gasteiger partial charge is 0.487 e. The Hall–Kier alpha value is -2.82. The van der Waals surface area contributed by atoms with Crippen LogP contribution in [0.4, 0.5) is 5.69 Å². The summed E-state index contributed by atoms with van der Waals surface area (Å²) in [7, 11) is 2.11. The summed E-state index contributed by atoms with van der Waals surface area (Å²) in [6, 6.07) is 24.9. The van der Waals surface area contributed by atoms with Gasteiger partial charge in [0.2, 0.25) is 0 Å². The van der Waals surface area contributed by atoms with Crippen LogP contribution in [0, 0.1) is 0 Å². The van der Waals surface area contributed by atoms with Crippen LogP contribution in [-0.2, 0) is 19.6 Å². The molecule has 33 heavy (non-hydrogen) atoms. The van der Waals surface area contributed by atoms with Gasteiger partial charge in [-0.15, -0.1) is 0 Å². The van der Waals surface area contributed by atoms with E-state index in [9.17, 15) is 5.11 Å². The van der Waals surface area contributed by atoms with Crippen LogP contribution in [0.5, 0.6) is 5.75 Å². The van der Waals surface area contributed by atoms with Crippen LogP contribution < -0.4 is 15.0 Å². The van der Waals surface area contributed by atoms with Crippen LogP contribution >= 0.6 is 0 Å². The molecule has 4 rings (SSSR count). The van der Waals surface area contributed by atoms with E-state index in [4.69, 9.17) is 4.74 Å². The highest BCUT2D eigenvalue weighted by atomic mass is 16.5. The van der Waals surface area contributed by atoms with E-state index in [2.05, 4.69) is 80.5 Å². The summed E-state index contributed by atoms with van der Waals surface area (Å²) in [6.45, 7) is 7.74. The Morgan fingerprint density at radius 3 is 2.21 bits per heavy atom. The van der Waals surface area contributed by atoms with E-state index in [0.717, 1.165) is 42.0 Å². The first-order chi connectivity index (χ1) is 15.8. The minimum atomic E-state index is -0.542. The molecule has 3 aromatic rings. The minimum absolute atomic E-state index is 0.0425. The van der Waals surface area contributed by atoms with Crippen LogP contribution in [0.15, 0.2) is 72.8 Å². The molecule has 0 bridgehead atoms. The molecule has 0 heterocycles. The van der Waals surface area contributed by atoms with Gasteiger partial charge >= 0.3 is 0 Å². The molecule has 1 aliphatic rings. The topological polar surface area (TPSA) is 44.7 Å². The van der Waals surface area contributed by atoms with Gasteiger partial charge in [-0.05, 0) is 61.9 Å². The van der Waals surface area contributed by atoms with Gasteiger partial charge in [0.15, 0.2) is 0 Å². The van der Waals surface area contributed by atoms with E-state index in [0.29, 0.717) is 6.61 Å². The Balaban J connectivity index is 1.67. The molecule has 1 aliphatic carbocycles. The molecule has 4 heteroatoms. The minimum Gasteiger partial charge on any atom is -0.487 e. The molecule has 0 amide bonds. The molecule has 0 radical (unpaired) electrons. The van der Waals surface area contributed by atoms with Crippen molar-refractivity contribution in [1.29, 1.82) is 0 Å². The molecule has 0 saturated carbocycles. The third-order valence-electron chi connectivity index (χ3n) is 6.19. The number of hydrogen-bond donors (Lipinski definition) is 2. The SMILES string of the molecule is CN(Cc1ccccc1)c1c(OCc2ccccc2)ccc2c1CC[C@@H](NC(C)(C)C)[C@@H]2O. The predicted octanol–water partition coefficient (Wildman–Crippen LogP) is 5.64. The summed E-state index contributed by atoms with van der Waals surface area (Å²) in [5, 5.41) is 14.9. The Labute approximate surface area is 198 Å². The van der Waals surface area contributed by atoms with Crippen molar-refractivity contribution in [2.45, 2.75) is 64.4 Å². The van der Waals surface area contributed by atoms with Crippen molar-refractivity contribution >= 4 is 5.69 Å².